The standard InChI is InChI=1S/C30H38FN7O2/c1-5-27(39)38-16-15-37(17-22(38)10-12-32)29-24-11-14-36(28-20(2)8-9-25(31)21(28)3)18-26(24)33-30(34-29)40-19-23-7-6-13-35(23)4/h5,8-9,22-23H,1,6-7,10-11,13-19H2,2-4H3/t22-,23-/m0/s1. The summed E-state index contributed by atoms with van der Waals surface area (Å²) in [6.45, 7) is 11.8. The summed E-state index contributed by atoms with van der Waals surface area (Å²) in [7, 11) is 2.11. The third-order valence-corrected chi connectivity index (χ3v) is 8.55. The van der Waals surface area contributed by atoms with Crippen LogP contribution in [-0.4, -0.2) is 84.1 Å². The topological polar surface area (TPSA) is 88.8 Å². The number of hydrogen-bond acceptors (Lipinski definition) is 8. The van der Waals surface area contributed by atoms with Crippen molar-refractivity contribution >= 4 is 17.4 Å². The summed E-state index contributed by atoms with van der Waals surface area (Å²) >= 11 is 0. The summed E-state index contributed by atoms with van der Waals surface area (Å²) in [4.78, 5) is 30.7. The van der Waals surface area contributed by atoms with Gasteiger partial charge in [-0.3, -0.25) is 4.79 Å². The molecule has 2 atom stereocenters. The van der Waals surface area contributed by atoms with Crippen molar-refractivity contribution in [3.05, 3.63) is 53.0 Å². The molecule has 9 nitrogen and oxygen atoms in total. The lowest BCUT2D eigenvalue weighted by atomic mass is 10.00. The van der Waals surface area contributed by atoms with Crippen LogP contribution < -0.4 is 14.5 Å². The first-order chi connectivity index (χ1) is 19.3. The van der Waals surface area contributed by atoms with Gasteiger partial charge < -0.3 is 24.3 Å². The molecule has 2 aromatic rings. The summed E-state index contributed by atoms with van der Waals surface area (Å²) in [6.07, 6.45) is 4.46. The number of ether oxygens (including phenoxy) is 1. The molecule has 4 heterocycles. The van der Waals surface area contributed by atoms with Crippen molar-refractivity contribution < 1.29 is 13.9 Å². The molecular formula is C30H38FN7O2. The number of likely N-dealkylation sites (tertiary alicyclic amines) is 1. The molecule has 1 aromatic heterocycles. The Balaban J connectivity index is 1.48. The predicted octanol–water partition coefficient (Wildman–Crippen LogP) is 3.39. The van der Waals surface area contributed by atoms with Crippen molar-refractivity contribution in [3.8, 4) is 12.1 Å². The van der Waals surface area contributed by atoms with Crippen LogP contribution in [0.25, 0.3) is 0 Å². The summed E-state index contributed by atoms with van der Waals surface area (Å²) in [6, 6.07) is 5.98. The first-order valence-corrected chi connectivity index (χ1v) is 14.1. The first-order valence-electron chi connectivity index (χ1n) is 14.1. The normalized spacial score (nSPS) is 21.2. The van der Waals surface area contributed by atoms with Crippen molar-refractivity contribution in [3.63, 3.8) is 0 Å². The van der Waals surface area contributed by atoms with E-state index in [9.17, 15) is 14.4 Å². The second-order valence-electron chi connectivity index (χ2n) is 11.0. The maximum absolute atomic E-state index is 14.5. The Morgan fingerprint density at radius 3 is 2.75 bits per heavy atom. The molecule has 0 unspecified atom stereocenters. The molecule has 3 aliphatic rings. The second-order valence-corrected chi connectivity index (χ2v) is 11.0. The van der Waals surface area contributed by atoms with Gasteiger partial charge in [-0.25, -0.2) is 4.39 Å². The third-order valence-electron chi connectivity index (χ3n) is 8.55. The predicted molar refractivity (Wildman–Crippen MR) is 152 cm³/mol. The highest BCUT2D eigenvalue weighted by atomic mass is 19.1. The van der Waals surface area contributed by atoms with E-state index in [-0.39, 0.29) is 24.2 Å². The van der Waals surface area contributed by atoms with Crippen LogP contribution in [0, 0.1) is 31.0 Å². The van der Waals surface area contributed by atoms with Crippen molar-refractivity contribution in [1.29, 1.82) is 5.26 Å². The van der Waals surface area contributed by atoms with Gasteiger partial charge >= 0.3 is 6.01 Å². The number of aryl methyl sites for hydroxylation is 1. The quantitative estimate of drug-likeness (QED) is 0.488. The summed E-state index contributed by atoms with van der Waals surface area (Å²) < 4.78 is 20.8. The molecule has 0 aliphatic carbocycles. The number of amides is 1. The van der Waals surface area contributed by atoms with E-state index in [2.05, 4.69) is 34.4 Å². The molecule has 40 heavy (non-hydrogen) atoms. The number of carbonyl (C=O) groups is 1. The summed E-state index contributed by atoms with van der Waals surface area (Å²) in [5.41, 5.74) is 4.50. The zero-order valence-electron chi connectivity index (χ0n) is 23.7. The lowest BCUT2D eigenvalue weighted by Gasteiger charge is -2.42. The van der Waals surface area contributed by atoms with Gasteiger partial charge in [0.1, 0.15) is 18.2 Å². The van der Waals surface area contributed by atoms with Crippen molar-refractivity contribution in [2.24, 2.45) is 0 Å². The minimum atomic E-state index is -0.260. The number of nitriles is 1. The number of halogens is 1. The number of aromatic nitrogens is 2. The number of likely N-dealkylation sites (N-methyl/N-ethyl adjacent to an activating group) is 1. The lowest BCUT2D eigenvalue weighted by molar-refractivity contribution is -0.128. The number of anilines is 2. The molecule has 2 fully saturated rings. The minimum absolute atomic E-state index is 0.161. The number of hydrogen-bond donors (Lipinski definition) is 0. The molecule has 1 aromatic carbocycles. The highest BCUT2D eigenvalue weighted by Gasteiger charge is 2.34. The van der Waals surface area contributed by atoms with Crippen LogP contribution in [0.3, 0.4) is 0 Å². The van der Waals surface area contributed by atoms with Crippen LogP contribution >= 0.6 is 0 Å². The highest BCUT2D eigenvalue weighted by molar-refractivity contribution is 5.87. The molecule has 10 heteroatoms. The van der Waals surface area contributed by atoms with Gasteiger partial charge in [-0.05, 0) is 64.4 Å². The number of carbonyl (C=O) groups excluding carboxylic acids is 1. The molecule has 2 saturated heterocycles. The molecule has 3 aliphatic heterocycles. The maximum Gasteiger partial charge on any atom is 0.318 e. The Morgan fingerprint density at radius 1 is 1.20 bits per heavy atom. The molecule has 5 rings (SSSR count). The van der Waals surface area contributed by atoms with E-state index in [4.69, 9.17) is 14.7 Å². The lowest BCUT2D eigenvalue weighted by Crippen LogP contribution is -2.55. The first kappa shape index (κ1) is 27.8. The van der Waals surface area contributed by atoms with Crippen LogP contribution in [0.2, 0.25) is 0 Å². The molecule has 0 spiro atoms. The van der Waals surface area contributed by atoms with Crippen LogP contribution in [0.15, 0.2) is 24.8 Å². The number of rotatable bonds is 7. The average Bonchev–Trinajstić information content (AvgIpc) is 3.37. The van der Waals surface area contributed by atoms with Gasteiger partial charge in [-0.15, -0.1) is 0 Å². The number of benzene rings is 1. The van der Waals surface area contributed by atoms with Crippen LogP contribution in [0.1, 0.15) is 41.6 Å². The molecule has 212 valence electrons. The van der Waals surface area contributed by atoms with Crippen molar-refractivity contribution in [1.82, 2.24) is 19.8 Å². The van der Waals surface area contributed by atoms with Gasteiger partial charge in [-0.1, -0.05) is 12.6 Å². The highest BCUT2D eigenvalue weighted by Crippen LogP contribution is 2.35. The Morgan fingerprint density at radius 2 is 2.02 bits per heavy atom. The summed E-state index contributed by atoms with van der Waals surface area (Å²) in [5.74, 6) is 0.432. The average molecular weight is 548 g/mol. The summed E-state index contributed by atoms with van der Waals surface area (Å²) in [5, 5.41) is 9.47. The maximum atomic E-state index is 14.5. The van der Waals surface area contributed by atoms with Gasteiger partial charge in [0.05, 0.1) is 30.8 Å². The molecule has 0 bridgehead atoms. The van der Waals surface area contributed by atoms with Gasteiger partial charge in [0.15, 0.2) is 0 Å². The van der Waals surface area contributed by atoms with E-state index in [1.54, 1.807) is 4.90 Å². The van der Waals surface area contributed by atoms with Gasteiger partial charge in [0, 0.05) is 49.0 Å². The van der Waals surface area contributed by atoms with Crippen molar-refractivity contribution in [2.45, 2.75) is 58.2 Å². The molecule has 1 amide bonds. The van der Waals surface area contributed by atoms with Crippen molar-refractivity contribution in [2.75, 3.05) is 56.2 Å². The Hall–Kier alpha value is -3.71. The number of fused-ring (bicyclic) bond motifs is 1. The monoisotopic (exact) mass is 547 g/mol. The largest absolute Gasteiger partial charge is 0.462 e. The van der Waals surface area contributed by atoms with Gasteiger partial charge in [0.2, 0.25) is 5.91 Å². The van der Waals surface area contributed by atoms with Gasteiger partial charge in [-0.2, -0.15) is 15.2 Å². The van der Waals surface area contributed by atoms with E-state index < -0.39 is 0 Å². The molecule has 0 N–H and O–H groups in total. The van der Waals surface area contributed by atoms with E-state index in [1.165, 1.54) is 12.1 Å². The smallest absolute Gasteiger partial charge is 0.318 e. The Kier molecular flexibility index (Phi) is 8.22. The number of piperazine rings is 1. The van der Waals surface area contributed by atoms with E-state index in [0.717, 1.165) is 47.7 Å². The Labute approximate surface area is 235 Å². The molecular weight excluding hydrogens is 509 g/mol. The van der Waals surface area contributed by atoms with E-state index in [1.807, 2.05) is 19.9 Å². The van der Waals surface area contributed by atoms with Crippen LogP contribution in [0.4, 0.5) is 15.9 Å². The zero-order valence-corrected chi connectivity index (χ0v) is 23.7. The third kappa shape index (κ3) is 5.48. The van der Waals surface area contributed by atoms with Gasteiger partial charge in [0.25, 0.3) is 0 Å². The second kappa shape index (κ2) is 11.8. The fourth-order valence-corrected chi connectivity index (χ4v) is 6.30. The van der Waals surface area contributed by atoms with E-state index in [0.29, 0.717) is 63.4 Å². The molecule has 0 radical (unpaired) electrons. The van der Waals surface area contributed by atoms with Crippen LogP contribution in [0.5, 0.6) is 6.01 Å². The SMILES string of the molecule is C=CC(=O)N1CCN(c2nc(OC[C@@H]3CCCN3C)nc3c2CCN(c2c(C)ccc(F)c2C)C3)C[C@@H]1CC#N. The molecule has 0 saturated carbocycles. The fourth-order valence-electron chi connectivity index (χ4n) is 6.30. The van der Waals surface area contributed by atoms with E-state index >= 15 is 0 Å². The number of nitrogens with zero attached hydrogens (tertiary/aromatic N) is 7. The fraction of sp³-hybridized carbons (Fsp3) is 0.533. The minimum Gasteiger partial charge on any atom is -0.462 e. The Bertz CT molecular complexity index is 1330. The van der Waals surface area contributed by atoms with Crippen LogP contribution in [-0.2, 0) is 17.8 Å². The zero-order chi connectivity index (χ0) is 28.4.